The SMILES string of the molecule is CCC(CO)NC(C)c1cc(Cl)sc1Cl. The van der Waals surface area contributed by atoms with Gasteiger partial charge >= 0.3 is 0 Å². The van der Waals surface area contributed by atoms with E-state index in [9.17, 15) is 0 Å². The molecule has 5 heteroatoms. The van der Waals surface area contributed by atoms with E-state index in [1.54, 1.807) is 0 Å². The number of rotatable bonds is 5. The number of thiophene rings is 1. The molecule has 15 heavy (non-hydrogen) atoms. The third-order valence-electron chi connectivity index (χ3n) is 2.35. The first-order valence-corrected chi connectivity index (χ1v) is 6.47. The summed E-state index contributed by atoms with van der Waals surface area (Å²) in [7, 11) is 0. The standard InChI is InChI=1S/C10H15Cl2NOS/c1-3-7(5-14)13-6(2)8-4-9(11)15-10(8)12/h4,6-7,13-14H,3,5H2,1-2H3. The Balaban J connectivity index is 2.67. The van der Waals surface area contributed by atoms with Gasteiger partial charge in [0.1, 0.15) is 0 Å². The first kappa shape index (κ1) is 13.3. The number of hydrogen-bond acceptors (Lipinski definition) is 3. The van der Waals surface area contributed by atoms with E-state index in [0.29, 0.717) is 8.67 Å². The number of halogens is 2. The zero-order valence-corrected chi connectivity index (χ0v) is 11.1. The minimum atomic E-state index is 0.106. The molecule has 0 saturated heterocycles. The van der Waals surface area contributed by atoms with Gasteiger partial charge in [-0.05, 0) is 25.0 Å². The van der Waals surface area contributed by atoms with E-state index in [0.717, 1.165) is 12.0 Å². The van der Waals surface area contributed by atoms with Crippen LogP contribution in [0.25, 0.3) is 0 Å². The van der Waals surface area contributed by atoms with Gasteiger partial charge in [-0.2, -0.15) is 0 Å². The van der Waals surface area contributed by atoms with E-state index in [1.807, 2.05) is 19.9 Å². The molecule has 0 spiro atoms. The lowest BCUT2D eigenvalue weighted by atomic mass is 10.1. The molecule has 0 amide bonds. The second-order valence-electron chi connectivity index (χ2n) is 3.46. The van der Waals surface area contributed by atoms with Crippen LogP contribution in [0.3, 0.4) is 0 Å². The predicted molar refractivity (Wildman–Crippen MR) is 67.1 cm³/mol. The Hall–Kier alpha value is 0.200. The maximum Gasteiger partial charge on any atom is 0.0991 e. The van der Waals surface area contributed by atoms with E-state index >= 15 is 0 Å². The zero-order valence-electron chi connectivity index (χ0n) is 8.76. The predicted octanol–water partition coefficient (Wildman–Crippen LogP) is 3.48. The molecule has 0 saturated carbocycles. The van der Waals surface area contributed by atoms with E-state index in [2.05, 4.69) is 5.32 Å². The van der Waals surface area contributed by atoms with Crippen LogP contribution in [0.4, 0.5) is 0 Å². The van der Waals surface area contributed by atoms with Crippen molar-refractivity contribution in [3.05, 3.63) is 20.3 Å². The third-order valence-corrected chi connectivity index (χ3v) is 3.87. The molecule has 0 aliphatic heterocycles. The molecule has 0 aromatic carbocycles. The van der Waals surface area contributed by atoms with Gasteiger partial charge in [-0.15, -0.1) is 11.3 Å². The quantitative estimate of drug-likeness (QED) is 0.857. The van der Waals surface area contributed by atoms with Gasteiger partial charge in [0, 0.05) is 12.1 Å². The smallest absolute Gasteiger partial charge is 0.0991 e. The lowest BCUT2D eigenvalue weighted by Crippen LogP contribution is -2.33. The molecule has 2 N–H and O–H groups in total. The zero-order chi connectivity index (χ0) is 11.4. The van der Waals surface area contributed by atoms with E-state index in [-0.39, 0.29) is 18.7 Å². The van der Waals surface area contributed by atoms with Crippen LogP contribution >= 0.6 is 34.5 Å². The van der Waals surface area contributed by atoms with Crippen LogP contribution in [0.5, 0.6) is 0 Å². The maximum absolute atomic E-state index is 9.08. The molecule has 0 fully saturated rings. The van der Waals surface area contributed by atoms with Crippen molar-refractivity contribution in [1.29, 1.82) is 0 Å². The van der Waals surface area contributed by atoms with Crippen LogP contribution in [-0.4, -0.2) is 17.8 Å². The monoisotopic (exact) mass is 267 g/mol. The average molecular weight is 268 g/mol. The summed E-state index contributed by atoms with van der Waals surface area (Å²) in [6.07, 6.45) is 0.885. The summed E-state index contributed by atoms with van der Waals surface area (Å²) in [5.41, 5.74) is 0.999. The summed E-state index contributed by atoms with van der Waals surface area (Å²) in [4.78, 5) is 0. The van der Waals surface area contributed by atoms with Crippen molar-refractivity contribution < 1.29 is 5.11 Å². The first-order valence-electron chi connectivity index (χ1n) is 4.90. The number of nitrogens with one attached hydrogen (secondary N) is 1. The topological polar surface area (TPSA) is 32.3 Å². The highest BCUT2D eigenvalue weighted by molar-refractivity contribution is 7.20. The van der Waals surface area contributed by atoms with Gasteiger partial charge in [0.25, 0.3) is 0 Å². The highest BCUT2D eigenvalue weighted by atomic mass is 35.5. The third kappa shape index (κ3) is 3.61. The highest BCUT2D eigenvalue weighted by Crippen LogP contribution is 2.34. The van der Waals surface area contributed by atoms with Gasteiger partial charge in [-0.3, -0.25) is 0 Å². The van der Waals surface area contributed by atoms with Gasteiger partial charge in [0.15, 0.2) is 0 Å². The molecule has 1 aromatic rings. The molecule has 1 rings (SSSR count). The van der Waals surface area contributed by atoms with Crippen molar-refractivity contribution >= 4 is 34.5 Å². The second-order valence-corrected chi connectivity index (χ2v) is 5.74. The molecular weight excluding hydrogens is 253 g/mol. The van der Waals surface area contributed by atoms with E-state index in [4.69, 9.17) is 28.3 Å². The fourth-order valence-electron chi connectivity index (χ4n) is 1.39. The Morgan fingerprint density at radius 2 is 2.20 bits per heavy atom. The molecule has 2 nitrogen and oxygen atoms in total. The minimum absolute atomic E-state index is 0.106. The Morgan fingerprint density at radius 3 is 2.60 bits per heavy atom. The highest BCUT2D eigenvalue weighted by Gasteiger charge is 2.15. The summed E-state index contributed by atoms with van der Waals surface area (Å²) in [6.45, 7) is 4.18. The van der Waals surface area contributed by atoms with Crippen LogP contribution in [0, 0.1) is 0 Å². The van der Waals surface area contributed by atoms with Crippen LogP contribution in [-0.2, 0) is 0 Å². The van der Waals surface area contributed by atoms with Gasteiger partial charge in [0.05, 0.1) is 15.3 Å². The van der Waals surface area contributed by atoms with Crippen molar-refractivity contribution in [2.75, 3.05) is 6.61 Å². The Morgan fingerprint density at radius 1 is 1.53 bits per heavy atom. The fraction of sp³-hybridized carbons (Fsp3) is 0.600. The van der Waals surface area contributed by atoms with Gasteiger partial charge in [-0.25, -0.2) is 0 Å². The molecule has 2 unspecified atom stereocenters. The molecule has 0 aliphatic carbocycles. The van der Waals surface area contributed by atoms with E-state index in [1.165, 1.54) is 11.3 Å². The normalized spacial score (nSPS) is 15.3. The van der Waals surface area contributed by atoms with Crippen LogP contribution in [0.1, 0.15) is 31.9 Å². The van der Waals surface area contributed by atoms with E-state index < -0.39 is 0 Å². The molecule has 0 aliphatic rings. The second kappa shape index (κ2) is 6.06. The Labute approximate surface area is 104 Å². The van der Waals surface area contributed by atoms with Crippen molar-refractivity contribution in [1.82, 2.24) is 5.32 Å². The summed E-state index contributed by atoms with van der Waals surface area (Å²) in [5, 5.41) is 12.4. The largest absolute Gasteiger partial charge is 0.395 e. The summed E-state index contributed by atoms with van der Waals surface area (Å²) in [6, 6.07) is 2.09. The average Bonchev–Trinajstić information content (AvgIpc) is 2.54. The van der Waals surface area contributed by atoms with Crippen molar-refractivity contribution in [2.24, 2.45) is 0 Å². The van der Waals surface area contributed by atoms with Crippen molar-refractivity contribution in [3.8, 4) is 0 Å². The van der Waals surface area contributed by atoms with Crippen molar-refractivity contribution in [2.45, 2.75) is 32.4 Å². The molecule has 2 atom stereocenters. The van der Waals surface area contributed by atoms with Crippen LogP contribution < -0.4 is 5.32 Å². The number of aliphatic hydroxyl groups is 1. The summed E-state index contributed by atoms with van der Waals surface area (Å²) >= 11 is 13.3. The lowest BCUT2D eigenvalue weighted by molar-refractivity contribution is 0.230. The summed E-state index contributed by atoms with van der Waals surface area (Å²) in [5.74, 6) is 0. The fourth-order valence-corrected chi connectivity index (χ4v) is 3.04. The molecular formula is C10H15Cl2NOS. The van der Waals surface area contributed by atoms with Crippen LogP contribution in [0.2, 0.25) is 8.67 Å². The van der Waals surface area contributed by atoms with Crippen molar-refractivity contribution in [3.63, 3.8) is 0 Å². The lowest BCUT2D eigenvalue weighted by Gasteiger charge is -2.20. The Bertz CT molecular complexity index is 312. The number of aliphatic hydroxyl groups excluding tert-OH is 1. The molecule has 0 bridgehead atoms. The molecule has 1 aromatic heterocycles. The maximum atomic E-state index is 9.08. The summed E-state index contributed by atoms with van der Waals surface area (Å²) < 4.78 is 1.41. The molecule has 1 heterocycles. The number of hydrogen-bond donors (Lipinski definition) is 2. The Kier molecular flexibility index (Phi) is 5.36. The molecule has 86 valence electrons. The van der Waals surface area contributed by atoms with Gasteiger partial charge in [0.2, 0.25) is 0 Å². The minimum Gasteiger partial charge on any atom is -0.395 e. The van der Waals surface area contributed by atoms with Gasteiger partial charge < -0.3 is 10.4 Å². The first-order chi connectivity index (χ1) is 7.08. The van der Waals surface area contributed by atoms with Gasteiger partial charge in [-0.1, -0.05) is 30.1 Å². The van der Waals surface area contributed by atoms with Crippen LogP contribution in [0.15, 0.2) is 6.07 Å². The molecule has 0 radical (unpaired) electrons.